The van der Waals surface area contributed by atoms with Gasteiger partial charge in [0.05, 0.1) is 5.57 Å². The van der Waals surface area contributed by atoms with Gasteiger partial charge in [0.15, 0.2) is 0 Å². The van der Waals surface area contributed by atoms with Gasteiger partial charge in [0.25, 0.3) is 5.91 Å². The van der Waals surface area contributed by atoms with Crippen LogP contribution >= 0.6 is 11.8 Å². The number of aromatic nitrogens is 3. The Hall–Kier alpha value is -3.26. The molecule has 1 atom stereocenters. The average molecular weight is 450 g/mol. The summed E-state index contributed by atoms with van der Waals surface area (Å²) in [4.78, 5) is 18.1. The van der Waals surface area contributed by atoms with E-state index < -0.39 is 6.04 Å². The lowest BCUT2D eigenvalue weighted by molar-refractivity contribution is -0.113. The number of rotatable bonds is 7. The fraction of sp³-hybridized carbons (Fsp3) is 0.292. The number of thioether (sulfide) groups is 1. The summed E-state index contributed by atoms with van der Waals surface area (Å²) in [5.41, 5.74) is 3.97. The van der Waals surface area contributed by atoms with E-state index in [9.17, 15) is 9.90 Å². The van der Waals surface area contributed by atoms with Crippen LogP contribution in [0.1, 0.15) is 43.9 Å². The van der Waals surface area contributed by atoms with Crippen LogP contribution in [0, 0.1) is 6.92 Å². The van der Waals surface area contributed by atoms with E-state index in [1.807, 2.05) is 50.2 Å². The summed E-state index contributed by atoms with van der Waals surface area (Å²) in [5, 5.41) is 21.4. The number of hydrogen-bond donors (Lipinski definition) is 3. The monoisotopic (exact) mass is 449 g/mol. The Balaban J connectivity index is 1.71. The molecule has 0 radical (unpaired) electrons. The molecule has 0 fully saturated rings. The summed E-state index contributed by atoms with van der Waals surface area (Å²) >= 11 is 1.61. The van der Waals surface area contributed by atoms with Gasteiger partial charge in [-0.1, -0.05) is 54.9 Å². The first-order chi connectivity index (χ1) is 15.5. The van der Waals surface area contributed by atoms with Crippen molar-refractivity contribution in [2.24, 2.45) is 0 Å². The number of phenolic OH excluding ortho intramolecular Hbond substituents is 1. The first-order valence-electron chi connectivity index (χ1n) is 10.7. The Morgan fingerprint density at radius 3 is 2.56 bits per heavy atom. The highest BCUT2D eigenvalue weighted by molar-refractivity contribution is 7.99. The number of fused-ring (bicyclic) bond motifs is 1. The molecular formula is C24H27N5O2S. The van der Waals surface area contributed by atoms with Gasteiger partial charge in [-0.25, -0.2) is 4.68 Å². The van der Waals surface area contributed by atoms with Gasteiger partial charge in [0.2, 0.25) is 11.1 Å². The van der Waals surface area contributed by atoms with Crippen molar-refractivity contribution in [2.75, 3.05) is 16.4 Å². The van der Waals surface area contributed by atoms with Crippen LogP contribution in [-0.2, 0) is 4.79 Å². The van der Waals surface area contributed by atoms with Crippen LogP contribution in [0.3, 0.4) is 0 Å². The number of nitrogens with one attached hydrogen (secondary N) is 2. The zero-order valence-electron chi connectivity index (χ0n) is 18.4. The van der Waals surface area contributed by atoms with Crippen molar-refractivity contribution in [3.8, 4) is 5.75 Å². The SMILES string of the molecule is CCCCSc1nc2n(n1)C(c1ccc(O)cc1)C(C(=O)Nc1ccc(C)cc1)=C(C)N2. The zero-order valence-corrected chi connectivity index (χ0v) is 19.2. The lowest BCUT2D eigenvalue weighted by Gasteiger charge is -2.28. The molecule has 166 valence electrons. The van der Waals surface area contributed by atoms with Crippen molar-refractivity contribution in [3.63, 3.8) is 0 Å². The summed E-state index contributed by atoms with van der Waals surface area (Å²) in [7, 11) is 0. The molecule has 1 aliphatic rings. The smallest absolute Gasteiger partial charge is 0.255 e. The number of hydrogen-bond acceptors (Lipinski definition) is 6. The maximum atomic E-state index is 13.4. The summed E-state index contributed by atoms with van der Waals surface area (Å²) in [6.07, 6.45) is 2.20. The van der Waals surface area contributed by atoms with Crippen LogP contribution in [0.5, 0.6) is 5.75 Å². The first-order valence-corrected chi connectivity index (χ1v) is 11.7. The Morgan fingerprint density at radius 2 is 1.88 bits per heavy atom. The average Bonchev–Trinajstić information content (AvgIpc) is 3.17. The molecule has 8 heteroatoms. The number of nitrogens with zero attached hydrogens (tertiary/aromatic N) is 3. The van der Waals surface area contributed by atoms with E-state index >= 15 is 0 Å². The van der Waals surface area contributed by atoms with Gasteiger partial charge in [-0.15, -0.1) is 5.10 Å². The first kappa shape index (κ1) is 22.0. The predicted octanol–water partition coefficient (Wildman–Crippen LogP) is 5.11. The van der Waals surface area contributed by atoms with Gasteiger partial charge in [-0.05, 0) is 50.1 Å². The molecule has 2 heterocycles. The lowest BCUT2D eigenvalue weighted by atomic mass is 9.95. The van der Waals surface area contributed by atoms with Crippen molar-refractivity contribution in [1.82, 2.24) is 14.8 Å². The number of phenols is 1. The van der Waals surface area contributed by atoms with E-state index in [4.69, 9.17) is 5.10 Å². The van der Waals surface area contributed by atoms with Gasteiger partial charge in [0, 0.05) is 17.1 Å². The summed E-state index contributed by atoms with van der Waals surface area (Å²) in [6, 6.07) is 14.1. The van der Waals surface area contributed by atoms with Crippen LogP contribution in [0.2, 0.25) is 0 Å². The minimum atomic E-state index is -0.467. The van der Waals surface area contributed by atoms with Crippen molar-refractivity contribution in [1.29, 1.82) is 0 Å². The molecule has 0 spiro atoms. The number of carbonyl (C=O) groups is 1. The highest BCUT2D eigenvalue weighted by Crippen LogP contribution is 2.37. The number of carbonyl (C=O) groups excluding carboxylic acids is 1. The second kappa shape index (κ2) is 9.48. The van der Waals surface area contributed by atoms with E-state index in [1.54, 1.807) is 28.6 Å². The molecule has 32 heavy (non-hydrogen) atoms. The zero-order chi connectivity index (χ0) is 22.7. The molecule has 1 unspecified atom stereocenters. The number of amides is 1. The maximum absolute atomic E-state index is 13.4. The normalized spacial score (nSPS) is 15.3. The van der Waals surface area contributed by atoms with Gasteiger partial charge in [0.1, 0.15) is 11.8 Å². The highest BCUT2D eigenvalue weighted by Gasteiger charge is 2.34. The number of unbranched alkanes of at least 4 members (excludes halogenated alkanes) is 1. The molecule has 1 aromatic heterocycles. The number of benzene rings is 2. The van der Waals surface area contributed by atoms with Gasteiger partial charge in [-0.3, -0.25) is 4.79 Å². The Morgan fingerprint density at radius 1 is 1.16 bits per heavy atom. The largest absolute Gasteiger partial charge is 0.508 e. The summed E-state index contributed by atoms with van der Waals surface area (Å²) in [5.74, 6) is 1.50. The Labute approximate surface area is 192 Å². The minimum absolute atomic E-state index is 0.170. The highest BCUT2D eigenvalue weighted by atomic mass is 32.2. The van der Waals surface area contributed by atoms with Crippen LogP contribution in [0.15, 0.2) is 65.0 Å². The fourth-order valence-electron chi connectivity index (χ4n) is 3.59. The number of aromatic hydroxyl groups is 1. The molecule has 3 aromatic rings. The lowest BCUT2D eigenvalue weighted by Crippen LogP contribution is -2.31. The molecule has 1 aliphatic heterocycles. The Bertz CT molecular complexity index is 1140. The van der Waals surface area contributed by atoms with E-state index in [-0.39, 0.29) is 11.7 Å². The molecule has 0 bridgehead atoms. The predicted molar refractivity (Wildman–Crippen MR) is 128 cm³/mol. The molecule has 0 saturated heterocycles. The van der Waals surface area contributed by atoms with Crippen molar-refractivity contribution >= 4 is 29.3 Å². The quantitative estimate of drug-likeness (QED) is 0.343. The molecule has 0 aliphatic carbocycles. The minimum Gasteiger partial charge on any atom is -0.508 e. The second-order valence-corrected chi connectivity index (χ2v) is 8.90. The second-order valence-electron chi connectivity index (χ2n) is 7.84. The van der Waals surface area contributed by atoms with Crippen LogP contribution < -0.4 is 10.6 Å². The Kier molecular flexibility index (Phi) is 6.50. The standard InChI is InChI=1S/C24H27N5O2S/c1-4-5-14-32-24-27-23-25-16(3)20(22(31)26-18-10-6-15(2)7-11-18)21(29(23)28-24)17-8-12-19(30)13-9-17/h6-13,21,30H,4-5,14H2,1-3H3,(H,26,31)(H,25,27,28). The molecule has 3 N–H and O–H groups in total. The van der Waals surface area contributed by atoms with Gasteiger partial charge < -0.3 is 15.7 Å². The van der Waals surface area contributed by atoms with Crippen molar-refractivity contribution in [3.05, 3.63) is 70.9 Å². The van der Waals surface area contributed by atoms with Crippen LogP contribution in [0.4, 0.5) is 11.6 Å². The third kappa shape index (κ3) is 4.65. The third-order valence-corrected chi connectivity index (χ3v) is 6.25. The molecule has 1 amide bonds. The van der Waals surface area contributed by atoms with Crippen molar-refractivity contribution in [2.45, 2.75) is 44.8 Å². The third-order valence-electron chi connectivity index (χ3n) is 5.33. The van der Waals surface area contributed by atoms with E-state index in [0.717, 1.165) is 41.1 Å². The van der Waals surface area contributed by atoms with E-state index in [1.165, 1.54) is 0 Å². The topological polar surface area (TPSA) is 92.1 Å². The fourth-order valence-corrected chi connectivity index (χ4v) is 4.51. The number of anilines is 2. The summed E-state index contributed by atoms with van der Waals surface area (Å²) in [6.45, 7) is 6.03. The molecule has 2 aromatic carbocycles. The molecular weight excluding hydrogens is 422 g/mol. The van der Waals surface area contributed by atoms with Crippen LogP contribution in [-0.4, -0.2) is 31.5 Å². The molecule has 7 nitrogen and oxygen atoms in total. The van der Waals surface area contributed by atoms with Gasteiger partial charge in [-0.2, -0.15) is 4.98 Å². The number of allylic oxidation sites excluding steroid dienone is 1. The molecule has 4 rings (SSSR count). The van der Waals surface area contributed by atoms with Crippen LogP contribution in [0.25, 0.3) is 0 Å². The molecule has 0 saturated carbocycles. The number of aryl methyl sites for hydroxylation is 1. The van der Waals surface area contributed by atoms with E-state index in [0.29, 0.717) is 16.7 Å². The van der Waals surface area contributed by atoms with E-state index in [2.05, 4.69) is 22.5 Å². The van der Waals surface area contributed by atoms with Crippen molar-refractivity contribution < 1.29 is 9.90 Å². The maximum Gasteiger partial charge on any atom is 0.255 e. The summed E-state index contributed by atoms with van der Waals surface area (Å²) < 4.78 is 1.76. The van der Waals surface area contributed by atoms with Gasteiger partial charge >= 0.3 is 0 Å².